The summed E-state index contributed by atoms with van der Waals surface area (Å²) in [4.78, 5) is 12.6. The summed E-state index contributed by atoms with van der Waals surface area (Å²) in [6.45, 7) is 9.61. The Bertz CT molecular complexity index is 409. The van der Waals surface area contributed by atoms with Crippen molar-refractivity contribution in [2.45, 2.75) is 26.5 Å². The Morgan fingerprint density at radius 2 is 1.85 bits per heavy atom. The van der Waals surface area contributed by atoms with Crippen LogP contribution in [0.2, 0.25) is 0 Å². The van der Waals surface area contributed by atoms with Crippen molar-refractivity contribution in [3.63, 3.8) is 0 Å². The standard InChI is InChI=1S/C14H25N5O/c1-11(2)7-18-3-4-19(10-13(20)9-18)8-12-5-16-14(15)17-6-12/h5-6,11,13,20H,3-4,7-10H2,1-2H3,(H2,15,16,17)/t13-/m1/s1. The normalized spacial score (nSPS) is 22.1. The molecule has 0 aromatic carbocycles. The summed E-state index contributed by atoms with van der Waals surface area (Å²) in [6, 6.07) is 0. The second-order valence-electron chi connectivity index (χ2n) is 5.99. The van der Waals surface area contributed by atoms with E-state index in [0.29, 0.717) is 18.4 Å². The van der Waals surface area contributed by atoms with Gasteiger partial charge in [0.1, 0.15) is 0 Å². The number of nitrogens with zero attached hydrogens (tertiary/aromatic N) is 4. The average molecular weight is 279 g/mol. The van der Waals surface area contributed by atoms with E-state index in [9.17, 15) is 5.11 Å². The zero-order chi connectivity index (χ0) is 14.5. The number of nitrogen functional groups attached to an aromatic ring is 1. The van der Waals surface area contributed by atoms with E-state index in [1.54, 1.807) is 12.4 Å². The monoisotopic (exact) mass is 279 g/mol. The maximum Gasteiger partial charge on any atom is 0.219 e. The molecule has 3 N–H and O–H groups in total. The fraction of sp³-hybridized carbons (Fsp3) is 0.714. The van der Waals surface area contributed by atoms with E-state index >= 15 is 0 Å². The summed E-state index contributed by atoms with van der Waals surface area (Å²) in [6.07, 6.45) is 3.21. The number of anilines is 1. The molecule has 6 nitrogen and oxygen atoms in total. The summed E-state index contributed by atoms with van der Waals surface area (Å²) in [7, 11) is 0. The first-order valence-electron chi connectivity index (χ1n) is 7.22. The molecule has 2 rings (SSSR count). The third-order valence-corrected chi connectivity index (χ3v) is 3.43. The van der Waals surface area contributed by atoms with E-state index in [0.717, 1.165) is 38.3 Å². The largest absolute Gasteiger partial charge is 0.390 e. The molecule has 1 aromatic rings. The number of β-amino-alcohol motifs (C(OH)–C–C–N with tert-alkyl or cyclic N) is 1. The summed E-state index contributed by atoms with van der Waals surface area (Å²) in [5.41, 5.74) is 6.52. The van der Waals surface area contributed by atoms with E-state index < -0.39 is 0 Å². The van der Waals surface area contributed by atoms with Gasteiger partial charge in [0.05, 0.1) is 6.10 Å². The predicted octanol–water partition coefficient (Wildman–Crippen LogP) is 0.193. The van der Waals surface area contributed by atoms with E-state index in [4.69, 9.17) is 5.73 Å². The molecular formula is C14H25N5O. The van der Waals surface area contributed by atoms with Crippen molar-refractivity contribution in [2.75, 3.05) is 38.5 Å². The SMILES string of the molecule is CC(C)CN1CCN(Cc2cnc(N)nc2)C[C@H](O)C1. The predicted molar refractivity (Wildman–Crippen MR) is 79.0 cm³/mol. The van der Waals surface area contributed by atoms with Crippen LogP contribution in [0.1, 0.15) is 19.4 Å². The maximum absolute atomic E-state index is 10.1. The first kappa shape index (κ1) is 15.2. The molecule has 112 valence electrons. The second-order valence-corrected chi connectivity index (χ2v) is 5.99. The topological polar surface area (TPSA) is 78.5 Å². The van der Waals surface area contributed by atoms with E-state index in [1.807, 2.05) is 0 Å². The quantitative estimate of drug-likeness (QED) is 0.819. The molecule has 1 aliphatic rings. The molecule has 1 aromatic heterocycles. The molecule has 0 radical (unpaired) electrons. The van der Waals surface area contributed by atoms with Crippen LogP contribution in [-0.2, 0) is 6.54 Å². The van der Waals surface area contributed by atoms with Crippen molar-refractivity contribution < 1.29 is 5.11 Å². The lowest BCUT2D eigenvalue weighted by Gasteiger charge is -2.23. The third-order valence-electron chi connectivity index (χ3n) is 3.43. The molecule has 1 atom stereocenters. The van der Waals surface area contributed by atoms with Crippen LogP contribution in [0.25, 0.3) is 0 Å². The third kappa shape index (κ3) is 4.70. The summed E-state index contributed by atoms with van der Waals surface area (Å²) < 4.78 is 0. The van der Waals surface area contributed by atoms with Crippen molar-refractivity contribution in [1.29, 1.82) is 0 Å². The minimum Gasteiger partial charge on any atom is -0.390 e. The van der Waals surface area contributed by atoms with Crippen LogP contribution in [0.4, 0.5) is 5.95 Å². The highest BCUT2D eigenvalue weighted by Crippen LogP contribution is 2.10. The highest BCUT2D eigenvalue weighted by Gasteiger charge is 2.21. The molecule has 0 amide bonds. The highest BCUT2D eigenvalue weighted by atomic mass is 16.3. The molecule has 20 heavy (non-hydrogen) atoms. The summed E-state index contributed by atoms with van der Waals surface area (Å²) >= 11 is 0. The van der Waals surface area contributed by atoms with Crippen LogP contribution in [0, 0.1) is 5.92 Å². The van der Waals surface area contributed by atoms with Crippen LogP contribution in [-0.4, -0.2) is 63.7 Å². The number of aromatic nitrogens is 2. The second kappa shape index (κ2) is 6.97. The van der Waals surface area contributed by atoms with Gasteiger partial charge in [0.2, 0.25) is 5.95 Å². The first-order valence-corrected chi connectivity index (χ1v) is 7.22. The number of aliphatic hydroxyl groups is 1. The van der Waals surface area contributed by atoms with Crippen LogP contribution in [0.5, 0.6) is 0 Å². The zero-order valence-corrected chi connectivity index (χ0v) is 12.4. The van der Waals surface area contributed by atoms with Crippen molar-refractivity contribution >= 4 is 5.95 Å². The van der Waals surface area contributed by atoms with Gasteiger partial charge in [0, 0.05) is 57.2 Å². The molecule has 0 aliphatic carbocycles. The van der Waals surface area contributed by atoms with Crippen molar-refractivity contribution in [2.24, 2.45) is 5.92 Å². The van der Waals surface area contributed by atoms with Crippen LogP contribution in [0.3, 0.4) is 0 Å². The Labute approximate surface area is 120 Å². The highest BCUT2D eigenvalue weighted by molar-refractivity contribution is 5.17. The van der Waals surface area contributed by atoms with Gasteiger partial charge in [0.15, 0.2) is 0 Å². The van der Waals surface area contributed by atoms with E-state index in [2.05, 4.69) is 33.6 Å². The molecule has 1 fully saturated rings. The molecular weight excluding hydrogens is 254 g/mol. The summed E-state index contributed by atoms with van der Waals surface area (Å²) in [5.74, 6) is 0.923. The van der Waals surface area contributed by atoms with Crippen LogP contribution in [0.15, 0.2) is 12.4 Å². The van der Waals surface area contributed by atoms with Gasteiger partial charge in [-0.25, -0.2) is 9.97 Å². The number of hydrogen-bond acceptors (Lipinski definition) is 6. The minimum atomic E-state index is -0.300. The smallest absolute Gasteiger partial charge is 0.219 e. The van der Waals surface area contributed by atoms with Crippen LogP contribution >= 0.6 is 0 Å². The maximum atomic E-state index is 10.1. The molecule has 0 saturated carbocycles. The Morgan fingerprint density at radius 1 is 1.25 bits per heavy atom. The van der Waals surface area contributed by atoms with E-state index in [-0.39, 0.29) is 6.10 Å². The van der Waals surface area contributed by atoms with Crippen molar-refractivity contribution in [3.8, 4) is 0 Å². The van der Waals surface area contributed by atoms with Crippen molar-refractivity contribution in [1.82, 2.24) is 19.8 Å². The fourth-order valence-electron chi connectivity index (χ4n) is 2.65. The van der Waals surface area contributed by atoms with E-state index in [1.165, 1.54) is 0 Å². The average Bonchev–Trinajstić information content (AvgIpc) is 2.53. The van der Waals surface area contributed by atoms with Gasteiger partial charge in [-0.05, 0) is 5.92 Å². The molecule has 1 saturated heterocycles. The van der Waals surface area contributed by atoms with Crippen LogP contribution < -0.4 is 5.73 Å². The molecule has 6 heteroatoms. The van der Waals surface area contributed by atoms with Gasteiger partial charge in [-0.2, -0.15) is 0 Å². The Balaban J connectivity index is 1.91. The van der Waals surface area contributed by atoms with Gasteiger partial charge in [-0.15, -0.1) is 0 Å². The van der Waals surface area contributed by atoms with Gasteiger partial charge in [-0.3, -0.25) is 9.80 Å². The van der Waals surface area contributed by atoms with Gasteiger partial charge >= 0.3 is 0 Å². The lowest BCUT2D eigenvalue weighted by atomic mass is 10.2. The van der Waals surface area contributed by atoms with Gasteiger partial charge < -0.3 is 10.8 Å². The number of rotatable bonds is 4. The Kier molecular flexibility index (Phi) is 5.28. The molecule has 0 unspecified atom stereocenters. The number of aliphatic hydroxyl groups excluding tert-OH is 1. The molecule has 0 spiro atoms. The minimum absolute atomic E-state index is 0.299. The number of hydrogen-bond donors (Lipinski definition) is 2. The van der Waals surface area contributed by atoms with Gasteiger partial charge in [-0.1, -0.05) is 13.8 Å². The van der Waals surface area contributed by atoms with Gasteiger partial charge in [0.25, 0.3) is 0 Å². The fourth-order valence-corrected chi connectivity index (χ4v) is 2.65. The lowest BCUT2D eigenvalue weighted by molar-refractivity contribution is 0.104. The number of nitrogens with two attached hydrogens (primary N) is 1. The summed E-state index contributed by atoms with van der Waals surface area (Å²) in [5, 5.41) is 10.1. The zero-order valence-electron chi connectivity index (χ0n) is 12.4. The Morgan fingerprint density at radius 3 is 2.50 bits per heavy atom. The first-order chi connectivity index (χ1) is 9.52. The molecule has 1 aliphatic heterocycles. The lowest BCUT2D eigenvalue weighted by Crippen LogP contribution is -2.35. The molecule has 0 bridgehead atoms. The Hall–Kier alpha value is -1.24. The molecule has 2 heterocycles. The van der Waals surface area contributed by atoms with Crippen molar-refractivity contribution in [3.05, 3.63) is 18.0 Å².